The van der Waals surface area contributed by atoms with Crippen LogP contribution in [0.5, 0.6) is 0 Å². The SMILES string of the molecule is CC(C)(C)c1ccc(C2C(C(=O)c3cc4cc(Br)ccc4o3)=C(O)C(=O)N2c2ccc(F)c(Cl)c2)cc1. The van der Waals surface area contributed by atoms with Gasteiger partial charge in [0.1, 0.15) is 11.4 Å². The average Bonchev–Trinajstić information content (AvgIpc) is 3.38. The zero-order valence-corrected chi connectivity index (χ0v) is 22.5. The summed E-state index contributed by atoms with van der Waals surface area (Å²) in [7, 11) is 0. The maximum absolute atomic E-state index is 13.9. The lowest BCUT2D eigenvalue weighted by molar-refractivity contribution is -0.117. The fourth-order valence-electron chi connectivity index (χ4n) is 4.48. The number of carbonyl (C=O) groups is 2. The molecule has 1 N–H and O–H groups in total. The highest BCUT2D eigenvalue weighted by atomic mass is 79.9. The van der Waals surface area contributed by atoms with Crippen molar-refractivity contribution >= 4 is 55.9 Å². The molecule has 1 unspecified atom stereocenters. The summed E-state index contributed by atoms with van der Waals surface area (Å²) in [6.45, 7) is 6.23. The van der Waals surface area contributed by atoms with Crippen molar-refractivity contribution < 1.29 is 23.5 Å². The highest BCUT2D eigenvalue weighted by molar-refractivity contribution is 9.10. The molecule has 0 bridgehead atoms. The van der Waals surface area contributed by atoms with E-state index in [0.29, 0.717) is 16.5 Å². The van der Waals surface area contributed by atoms with Gasteiger partial charge in [-0.1, -0.05) is 72.6 Å². The molecule has 1 amide bonds. The molecule has 37 heavy (non-hydrogen) atoms. The number of benzene rings is 3. The van der Waals surface area contributed by atoms with E-state index in [-0.39, 0.29) is 27.5 Å². The minimum absolute atomic E-state index is 0.0160. The van der Waals surface area contributed by atoms with Gasteiger partial charge in [-0.2, -0.15) is 0 Å². The van der Waals surface area contributed by atoms with Crippen LogP contribution in [0.3, 0.4) is 0 Å². The number of hydrogen-bond acceptors (Lipinski definition) is 4. The molecule has 4 aromatic rings. The fraction of sp³-hybridized carbons (Fsp3) is 0.172. The van der Waals surface area contributed by atoms with Crippen molar-refractivity contribution in [2.24, 2.45) is 0 Å². The highest BCUT2D eigenvalue weighted by Crippen LogP contribution is 2.43. The first kappa shape index (κ1) is 25.2. The molecule has 3 aromatic carbocycles. The van der Waals surface area contributed by atoms with Gasteiger partial charge in [-0.15, -0.1) is 0 Å². The summed E-state index contributed by atoms with van der Waals surface area (Å²) >= 11 is 9.42. The quantitative estimate of drug-likeness (QED) is 0.247. The van der Waals surface area contributed by atoms with Gasteiger partial charge in [-0.05, 0) is 59.0 Å². The lowest BCUT2D eigenvalue weighted by Crippen LogP contribution is -2.31. The Morgan fingerprint density at radius 3 is 2.41 bits per heavy atom. The van der Waals surface area contributed by atoms with Crippen LogP contribution in [0.15, 0.2) is 87.0 Å². The Labute approximate surface area is 226 Å². The Morgan fingerprint density at radius 1 is 1.05 bits per heavy atom. The van der Waals surface area contributed by atoms with Gasteiger partial charge in [0.25, 0.3) is 5.91 Å². The topological polar surface area (TPSA) is 70.7 Å². The maximum atomic E-state index is 13.9. The minimum Gasteiger partial charge on any atom is -0.503 e. The number of aliphatic hydroxyl groups excluding tert-OH is 1. The van der Waals surface area contributed by atoms with Gasteiger partial charge < -0.3 is 9.52 Å². The van der Waals surface area contributed by atoms with E-state index in [2.05, 4.69) is 36.7 Å². The Bertz CT molecular complexity index is 1600. The minimum atomic E-state index is -0.990. The number of nitrogens with zero attached hydrogens (tertiary/aromatic N) is 1. The third-order valence-corrected chi connectivity index (χ3v) is 7.21. The Morgan fingerprint density at radius 2 is 1.76 bits per heavy atom. The van der Waals surface area contributed by atoms with Crippen molar-refractivity contribution in [2.45, 2.75) is 32.2 Å². The van der Waals surface area contributed by atoms with Crippen molar-refractivity contribution in [2.75, 3.05) is 4.90 Å². The van der Waals surface area contributed by atoms with Crippen LogP contribution < -0.4 is 4.90 Å². The molecule has 1 atom stereocenters. The van der Waals surface area contributed by atoms with E-state index in [1.807, 2.05) is 24.3 Å². The van der Waals surface area contributed by atoms with Crippen LogP contribution in [0.2, 0.25) is 5.02 Å². The van der Waals surface area contributed by atoms with Gasteiger partial charge in [-0.3, -0.25) is 14.5 Å². The molecule has 188 valence electrons. The number of ketones is 1. The van der Waals surface area contributed by atoms with E-state index in [9.17, 15) is 19.1 Å². The van der Waals surface area contributed by atoms with E-state index in [0.717, 1.165) is 16.1 Å². The van der Waals surface area contributed by atoms with Crippen molar-refractivity contribution in [3.05, 3.63) is 110 Å². The molecule has 2 heterocycles. The van der Waals surface area contributed by atoms with Gasteiger partial charge >= 0.3 is 0 Å². The first-order valence-electron chi connectivity index (χ1n) is 11.5. The molecule has 5 rings (SSSR count). The standard InChI is InChI=1S/C29H22BrClFNO4/c1-29(2,3)17-6-4-15(5-7-17)25-24(26(34)23-13-16-12-18(30)8-11-22(16)37-23)27(35)28(36)33(25)19-9-10-21(32)20(31)14-19/h4-14,25,35H,1-3H3. The molecule has 0 fully saturated rings. The highest BCUT2D eigenvalue weighted by Gasteiger charge is 2.45. The second-order valence-electron chi connectivity index (χ2n) is 9.93. The molecule has 8 heteroatoms. The zero-order valence-electron chi connectivity index (χ0n) is 20.2. The summed E-state index contributed by atoms with van der Waals surface area (Å²) in [6.07, 6.45) is 0. The van der Waals surface area contributed by atoms with E-state index >= 15 is 0 Å². The summed E-state index contributed by atoms with van der Waals surface area (Å²) in [5.41, 5.74) is 2.13. The second-order valence-corrected chi connectivity index (χ2v) is 11.3. The Balaban J connectivity index is 1.66. The number of anilines is 1. The van der Waals surface area contributed by atoms with E-state index in [1.165, 1.54) is 17.0 Å². The van der Waals surface area contributed by atoms with Crippen LogP contribution >= 0.6 is 27.5 Å². The van der Waals surface area contributed by atoms with Crippen LogP contribution in [-0.4, -0.2) is 16.8 Å². The Hall–Kier alpha value is -3.42. The molecule has 5 nitrogen and oxygen atoms in total. The van der Waals surface area contributed by atoms with Crippen molar-refractivity contribution in [1.82, 2.24) is 0 Å². The van der Waals surface area contributed by atoms with Crippen molar-refractivity contribution in [1.29, 1.82) is 0 Å². The number of fused-ring (bicyclic) bond motifs is 1. The number of rotatable bonds is 4. The van der Waals surface area contributed by atoms with E-state index in [4.69, 9.17) is 16.0 Å². The molecule has 1 aliphatic rings. The number of amides is 1. The number of carbonyl (C=O) groups excluding carboxylic acids is 2. The first-order valence-corrected chi connectivity index (χ1v) is 12.7. The van der Waals surface area contributed by atoms with Gasteiger partial charge in [-0.25, -0.2) is 4.39 Å². The first-order chi connectivity index (χ1) is 17.5. The number of furan rings is 1. The van der Waals surface area contributed by atoms with Gasteiger partial charge in [0.2, 0.25) is 5.78 Å². The molecule has 1 aliphatic heterocycles. The smallest absolute Gasteiger partial charge is 0.294 e. The molecule has 0 aliphatic carbocycles. The average molecular weight is 583 g/mol. The van der Waals surface area contributed by atoms with Gasteiger partial charge in [0.15, 0.2) is 11.5 Å². The Kier molecular flexibility index (Phi) is 6.24. The maximum Gasteiger partial charge on any atom is 0.294 e. The molecular formula is C29H22BrClFNO4. The predicted octanol–water partition coefficient (Wildman–Crippen LogP) is 8.07. The van der Waals surface area contributed by atoms with Crippen molar-refractivity contribution in [3.63, 3.8) is 0 Å². The fourth-order valence-corrected chi connectivity index (χ4v) is 5.03. The van der Waals surface area contributed by atoms with E-state index < -0.39 is 29.3 Å². The van der Waals surface area contributed by atoms with E-state index in [1.54, 1.807) is 24.3 Å². The van der Waals surface area contributed by atoms with Gasteiger partial charge in [0.05, 0.1) is 16.6 Å². The summed E-state index contributed by atoms with van der Waals surface area (Å²) in [4.78, 5) is 28.4. The molecule has 0 saturated heterocycles. The summed E-state index contributed by atoms with van der Waals surface area (Å²) < 4.78 is 20.5. The largest absolute Gasteiger partial charge is 0.503 e. The molecular weight excluding hydrogens is 561 g/mol. The predicted molar refractivity (Wildman–Crippen MR) is 145 cm³/mol. The third-order valence-electron chi connectivity index (χ3n) is 6.43. The zero-order chi connectivity index (χ0) is 26.6. The lowest BCUT2D eigenvalue weighted by atomic mass is 9.85. The normalized spacial score (nSPS) is 16.2. The summed E-state index contributed by atoms with van der Waals surface area (Å²) in [6, 6.07) is 17.2. The number of Topliss-reactive ketones (excluding diaryl/α,β-unsaturated/α-hetero) is 1. The lowest BCUT2D eigenvalue weighted by Gasteiger charge is -2.28. The van der Waals surface area contributed by atoms with Crippen LogP contribution in [0.1, 0.15) is 48.5 Å². The van der Waals surface area contributed by atoms with Gasteiger partial charge in [0, 0.05) is 15.5 Å². The number of hydrogen-bond donors (Lipinski definition) is 1. The summed E-state index contributed by atoms with van der Waals surface area (Å²) in [5.74, 6) is -2.78. The third kappa shape index (κ3) is 4.47. The van der Waals surface area contributed by atoms with Crippen molar-refractivity contribution in [3.8, 4) is 0 Å². The molecule has 0 spiro atoms. The monoisotopic (exact) mass is 581 g/mol. The molecule has 0 radical (unpaired) electrons. The number of aliphatic hydroxyl groups is 1. The van der Waals surface area contributed by atoms with Crippen LogP contribution in [0, 0.1) is 5.82 Å². The second kappa shape index (κ2) is 9.15. The van der Waals surface area contributed by atoms with Crippen LogP contribution in [0.25, 0.3) is 11.0 Å². The molecule has 1 aromatic heterocycles. The van der Waals surface area contributed by atoms with Crippen LogP contribution in [-0.2, 0) is 10.2 Å². The summed E-state index contributed by atoms with van der Waals surface area (Å²) in [5, 5.41) is 11.5. The number of halogens is 3. The van der Waals surface area contributed by atoms with Crippen LogP contribution in [0.4, 0.5) is 10.1 Å². The molecule has 0 saturated carbocycles.